The van der Waals surface area contributed by atoms with Crippen molar-refractivity contribution in [1.29, 1.82) is 0 Å². The third-order valence-electron chi connectivity index (χ3n) is 3.76. The van der Waals surface area contributed by atoms with Gasteiger partial charge in [-0.05, 0) is 25.3 Å². The molecule has 0 spiro atoms. The molecule has 1 heterocycles. The Bertz CT molecular complexity index is 469. The molecule has 1 aliphatic carbocycles. The number of nitrogens with one attached hydrogen (secondary N) is 1. The van der Waals surface area contributed by atoms with Gasteiger partial charge in [0.1, 0.15) is 0 Å². The molecule has 2 N–H and O–H groups in total. The number of rotatable bonds is 5. The van der Waals surface area contributed by atoms with Gasteiger partial charge in [0, 0.05) is 37.8 Å². The summed E-state index contributed by atoms with van der Waals surface area (Å²) in [6.07, 6.45) is 4.21. The fourth-order valence-corrected chi connectivity index (χ4v) is 2.55. The number of aliphatic carboxylic acids is 1. The van der Waals surface area contributed by atoms with E-state index < -0.39 is 5.97 Å². The summed E-state index contributed by atoms with van der Waals surface area (Å²) < 4.78 is 1.78. The molecule has 1 fully saturated rings. The third kappa shape index (κ3) is 3.33. The van der Waals surface area contributed by atoms with Crippen molar-refractivity contribution in [3.8, 4) is 0 Å². The molecular formula is C13H19N3O3. The Morgan fingerprint density at radius 2 is 2.21 bits per heavy atom. The standard InChI is InChI=1S/C13H19N3O3/c1-16-11(5-7-15-16)4-6-14-12(17)9-2-3-10(8-9)13(18)19/h5,7,9-10H,2-4,6,8H2,1H3,(H,14,17)(H,18,19)/t9-,10+/m1/s1. The molecule has 1 aromatic rings. The second-order valence-corrected chi connectivity index (χ2v) is 5.03. The van der Waals surface area contributed by atoms with Gasteiger partial charge in [0.25, 0.3) is 0 Å². The van der Waals surface area contributed by atoms with Gasteiger partial charge >= 0.3 is 5.97 Å². The Balaban J connectivity index is 1.73. The van der Waals surface area contributed by atoms with Crippen molar-refractivity contribution in [2.75, 3.05) is 6.54 Å². The van der Waals surface area contributed by atoms with Crippen LogP contribution in [0.25, 0.3) is 0 Å². The first-order valence-electron chi connectivity index (χ1n) is 6.55. The molecule has 2 rings (SSSR count). The zero-order valence-electron chi connectivity index (χ0n) is 11.0. The molecule has 0 aliphatic heterocycles. The van der Waals surface area contributed by atoms with Gasteiger partial charge in [-0.15, -0.1) is 0 Å². The van der Waals surface area contributed by atoms with E-state index in [4.69, 9.17) is 5.11 Å². The first-order valence-corrected chi connectivity index (χ1v) is 6.55. The predicted octanol–water partition coefficient (Wildman–Crippen LogP) is 0.580. The van der Waals surface area contributed by atoms with Crippen molar-refractivity contribution in [3.05, 3.63) is 18.0 Å². The van der Waals surface area contributed by atoms with Gasteiger partial charge in [-0.2, -0.15) is 5.10 Å². The van der Waals surface area contributed by atoms with Crippen LogP contribution >= 0.6 is 0 Å². The maximum Gasteiger partial charge on any atom is 0.306 e. The number of carboxylic acids is 1. The summed E-state index contributed by atoms with van der Waals surface area (Å²) in [6, 6.07) is 1.92. The van der Waals surface area contributed by atoms with E-state index >= 15 is 0 Å². The lowest BCUT2D eigenvalue weighted by atomic mass is 10.0. The number of aryl methyl sites for hydroxylation is 1. The molecule has 0 radical (unpaired) electrons. The highest BCUT2D eigenvalue weighted by molar-refractivity contribution is 5.80. The van der Waals surface area contributed by atoms with Gasteiger partial charge in [-0.25, -0.2) is 0 Å². The van der Waals surface area contributed by atoms with Crippen molar-refractivity contribution in [2.24, 2.45) is 18.9 Å². The minimum Gasteiger partial charge on any atom is -0.481 e. The summed E-state index contributed by atoms with van der Waals surface area (Å²) in [5.41, 5.74) is 1.06. The Hall–Kier alpha value is -1.85. The monoisotopic (exact) mass is 265 g/mol. The summed E-state index contributed by atoms with van der Waals surface area (Å²) >= 11 is 0. The van der Waals surface area contributed by atoms with Gasteiger partial charge in [0.2, 0.25) is 5.91 Å². The van der Waals surface area contributed by atoms with E-state index in [2.05, 4.69) is 10.4 Å². The molecule has 0 unspecified atom stereocenters. The van der Waals surface area contributed by atoms with Crippen LogP contribution in [0, 0.1) is 11.8 Å². The third-order valence-corrected chi connectivity index (χ3v) is 3.76. The Morgan fingerprint density at radius 1 is 1.47 bits per heavy atom. The molecule has 1 saturated carbocycles. The number of hydrogen-bond donors (Lipinski definition) is 2. The molecule has 104 valence electrons. The predicted molar refractivity (Wildman–Crippen MR) is 68.4 cm³/mol. The Morgan fingerprint density at radius 3 is 2.79 bits per heavy atom. The van der Waals surface area contributed by atoms with Gasteiger partial charge in [-0.3, -0.25) is 14.3 Å². The quantitative estimate of drug-likeness (QED) is 0.815. The fourth-order valence-electron chi connectivity index (χ4n) is 2.55. The number of amides is 1. The number of aromatic nitrogens is 2. The van der Waals surface area contributed by atoms with E-state index in [0.717, 1.165) is 12.1 Å². The molecule has 1 aliphatic rings. The van der Waals surface area contributed by atoms with Gasteiger partial charge < -0.3 is 10.4 Å². The number of carbonyl (C=O) groups is 2. The smallest absolute Gasteiger partial charge is 0.306 e. The maximum absolute atomic E-state index is 11.9. The zero-order chi connectivity index (χ0) is 13.8. The molecule has 0 aromatic carbocycles. The van der Waals surface area contributed by atoms with E-state index in [1.807, 2.05) is 13.1 Å². The zero-order valence-corrected chi connectivity index (χ0v) is 11.0. The number of carboxylic acid groups (broad SMARTS) is 1. The summed E-state index contributed by atoms with van der Waals surface area (Å²) in [4.78, 5) is 22.7. The van der Waals surface area contributed by atoms with Crippen molar-refractivity contribution in [1.82, 2.24) is 15.1 Å². The topological polar surface area (TPSA) is 84.2 Å². The van der Waals surface area contributed by atoms with Crippen LogP contribution in [-0.4, -0.2) is 33.3 Å². The van der Waals surface area contributed by atoms with Crippen molar-refractivity contribution < 1.29 is 14.7 Å². The fraction of sp³-hybridized carbons (Fsp3) is 0.615. The van der Waals surface area contributed by atoms with Gasteiger partial charge in [-0.1, -0.05) is 0 Å². The molecule has 6 nitrogen and oxygen atoms in total. The Kier molecular flexibility index (Phi) is 4.19. The Labute approximate surface area is 111 Å². The lowest BCUT2D eigenvalue weighted by Crippen LogP contribution is -2.31. The summed E-state index contributed by atoms with van der Waals surface area (Å²) in [5.74, 6) is -1.31. The van der Waals surface area contributed by atoms with Crippen molar-refractivity contribution in [2.45, 2.75) is 25.7 Å². The number of nitrogens with zero attached hydrogens (tertiary/aromatic N) is 2. The number of hydrogen-bond acceptors (Lipinski definition) is 3. The average molecular weight is 265 g/mol. The van der Waals surface area contributed by atoms with E-state index in [-0.39, 0.29) is 17.7 Å². The van der Waals surface area contributed by atoms with Crippen molar-refractivity contribution >= 4 is 11.9 Å². The highest BCUT2D eigenvalue weighted by atomic mass is 16.4. The van der Waals surface area contributed by atoms with E-state index in [9.17, 15) is 9.59 Å². The van der Waals surface area contributed by atoms with Crippen LogP contribution in [0.1, 0.15) is 25.0 Å². The number of carbonyl (C=O) groups excluding carboxylic acids is 1. The van der Waals surface area contributed by atoms with Crippen LogP contribution in [0.3, 0.4) is 0 Å². The normalized spacial score (nSPS) is 22.4. The van der Waals surface area contributed by atoms with E-state index in [0.29, 0.717) is 25.8 Å². The van der Waals surface area contributed by atoms with Crippen LogP contribution in [0.2, 0.25) is 0 Å². The van der Waals surface area contributed by atoms with Gasteiger partial charge in [0.15, 0.2) is 0 Å². The summed E-state index contributed by atoms with van der Waals surface area (Å²) in [7, 11) is 1.87. The first kappa shape index (κ1) is 13.6. The van der Waals surface area contributed by atoms with Crippen LogP contribution in [-0.2, 0) is 23.1 Å². The minimum absolute atomic E-state index is 0.0223. The average Bonchev–Trinajstić information content (AvgIpc) is 2.98. The lowest BCUT2D eigenvalue weighted by Gasteiger charge is -2.10. The second-order valence-electron chi connectivity index (χ2n) is 5.03. The van der Waals surface area contributed by atoms with Crippen LogP contribution in [0.15, 0.2) is 12.3 Å². The second kappa shape index (κ2) is 5.86. The highest BCUT2D eigenvalue weighted by Crippen LogP contribution is 2.30. The molecule has 19 heavy (non-hydrogen) atoms. The summed E-state index contributed by atoms with van der Waals surface area (Å²) in [5, 5.41) is 15.8. The van der Waals surface area contributed by atoms with Crippen LogP contribution in [0.5, 0.6) is 0 Å². The van der Waals surface area contributed by atoms with Gasteiger partial charge in [0.05, 0.1) is 5.92 Å². The molecular weight excluding hydrogens is 246 g/mol. The molecule has 2 atom stereocenters. The minimum atomic E-state index is -0.787. The maximum atomic E-state index is 11.9. The molecule has 1 aromatic heterocycles. The molecule has 1 amide bonds. The largest absolute Gasteiger partial charge is 0.481 e. The van der Waals surface area contributed by atoms with Crippen LogP contribution in [0.4, 0.5) is 0 Å². The highest BCUT2D eigenvalue weighted by Gasteiger charge is 2.33. The molecule has 0 saturated heterocycles. The van der Waals surface area contributed by atoms with Crippen LogP contribution < -0.4 is 5.32 Å². The van der Waals surface area contributed by atoms with Crippen molar-refractivity contribution in [3.63, 3.8) is 0 Å². The SMILES string of the molecule is Cn1nccc1CCNC(=O)[C@@H]1CC[C@H](C(=O)O)C1. The summed E-state index contributed by atoms with van der Waals surface area (Å²) in [6.45, 7) is 0.562. The lowest BCUT2D eigenvalue weighted by molar-refractivity contribution is -0.141. The first-order chi connectivity index (χ1) is 9.08. The van der Waals surface area contributed by atoms with E-state index in [1.54, 1.807) is 10.9 Å². The molecule has 0 bridgehead atoms. The molecule has 6 heteroatoms. The van der Waals surface area contributed by atoms with E-state index in [1.165, 1.54) is 0 Å².